The van der Waals surface area contributed by atoms with Gasteiger partial charge in [0.25, 0.3) is 0 Å². The zero-order chi connectivity index (χ0) is 25.3. The molecule has 33 heavy (non-hydrogen) atoms. The van der Waals surface area contributed by atoms with Crippen LogP contribution in [0.15, 0.2) is 52.3 Å². The Morgan fingerprint density at radius 2 is 0.909 bits per heavy atom. The first kappa shape index (κ1) is 29.5. The fraction of sp³-hybridized carbons (Fsp3) is 0.533. The van der Waals surface area contributed by atoms with E-state index in [4.69, 9.17) is 0 Å². The molecule has 0 aliphatic heterocycles. The van der Waals surface area contributed by atoms with E-state index >= 15 is 0 Å². The van der Waals surface area contributed by atoms with Crippen molar-refractivity contribution in [2.45, 2.75) is 96.8 Å². The van der Waals surface area contributed by atoms with Gasteiger partial charge in [-0.2, -0.15) is 10.2 Å². The van der Waals surface area contributed by atoms with Gasteiger partial charge in [0, 0.05) is 12.6 Å². The van der Waals surface area contributed by atoms with E-state index in [1.807, 2.05) is 0 Å². The molecule has 0 N–H and O–H groups in total. The summed E-state index contributed by atoms with van der Waals surface area (Å²) >= 11 is 0.950. The van der Waals surface area contributed by atoms with Crippen molar-refractivity contribution in [2.24, 2.45) is 10.2 Å². The summed E-state index contributed by atoms with van der Waals surface area (Å²) in [6.45, 7) is 20.4. The van der Waals surface area contributed by atoms with Gasteiger partial charge in [-0.15, -0.1) is 0 Å². The minimum absolute atomic E-state index is 0.425. The third kappa shape index (κ3) is 7.46. The Balaban J connectivity index is 0.00000172. The van der Waals surface area contributed by atoms with Crippen LogP contribution >= 0.6 is 0 Å². The van der Waals surface area contributed by atoms with E-state index in [1.165, 1.54) is 39.0 Å². The maximum atomic E-state index is 4.58. The van der Waals surface area contributed by atoms with Crippen LogP contribution in [0.25, 0.3) is 5.57 Å². The third-order valence-electron chi connectivity index (χ3n) is 5.86. The summed E-state index contributed by atoms with van der Waals surface area (Å²) in [5, 5.41) is 13.1. The van der Waals surface area contributed by atoms with Crippen molar-refractivity contribution in [3.8, 4) is 0 Å². The van der Waals surface area contributed by atoms with Gasteiger partial charge in [-0.1, -0.05) is 91.8 Å². The molecule has 0 atom stereocenters. The van der Waals surface area contributed by atoms with Crippen LogP contribution in [-0.4, -0.2) is 7.05 Å². The molecular weight excluding hydrogens is 495 g/mol. The number of rotatable bonds is 7. The van der Waals surface area contributed by atoms with Gasteiger partial charge < -0.3 is 0 Å². The molecule has 0 aliphatic carbocycles. The fourth-order valence-corrected chi connectivity index (χ4v) is 4.37. The Labute approximate surface area is 212 Å². The van der Waals surface area contributed by atoms with Gasteiger partial charge in [0.1, 0.15) is 0 Å². The summed E-state index contributed by atoms with van der Waals surface area (Å²) in [6.07, 6.45) is 0. The van der Waals surface area contributed by atoms with E-state index < -0.39 is 0 Å². The second-order valence-electron chi connectivity index (χ2n) is 9.82. The second kappa shape index (κ2) is 14.0. The van der Waals surface area contributed by atoms with E-state index in [1.54, 1.807) is 7.05 Å². The zero-order valence-electron chi connectivity index (χ0n) is 23.0. The van der Waals surface area contributed by atoms with Crippen molar-refractivity contribution in [2.75, 3.05) is 7.05 Å². The van der Waals surface area contributed by atoms with E-state index in [0.717, 1.165) is 23.7 Å². The number of benzene rings is 2. The van der Waals surface area contributed by atoms with Gasteiger partial charge >= 0.3 is 28.8 Å². The molecule has 0 radical (unpaired) electrons. The Morgan fingerprint density at radius 3 is 1.12 bits per heavy atom. The van der Waals surface area contributed by atoms with Crippen molar-refractivity contribution >= 4 is 5.57 Å². The molecular formula is C30H46N2Pd. The summed E-state index contributed by atoms with van der Waals surface area (Å²) in [6, 6.07) is 13.6. The average molecular weight is 541 g/mol. The van der Waals surface area contributed by atoms with E-state index in [-0.39, 0.29) is 0 Å². The van der Waals surface area contributed by atoms with E-state index in [0.29, 0.717) is 23.7 Å². The molecule has 2 rings (SSSR count). The van der Waals surface area contributed by atoms with Gasteiger partial charge in [0.05, 0.1) is 5.70 Å². The summed E-state index contributed by atoms with van der Waals surface area (Å²) in [5.41, 5.74) is 10.5. The molecule has 2 aromatic carbocycles. The average Bonchev–Trinajstić information content (AvgIpc) is 2.74. The Kier molecular flexibility index (Phi) is 12.5. The first-order valence-electron chi connectivity index (χ1n) is 12.0. The molecule has 0 spiro atoms. The Bertz CT molecular complexity index is 832. The molecule has 0 aliphatic rings. The molecule has 186 valence electrons. The molecule has 0 saturated carbocycles. The van der Waals surface area contributed by atoms with Crippen LogP contribution in [0.1, 0.15) is 119 Å². The number of hydrogen-bond donors (Lipinski definition) is 0. The van der Waals surface area contributed by atoms with Gasteiger partial charge in [0.2, 0.25) is 0 Å². The molecule has 0 unspecified atom stereocenters. The van der Waals surface area contributed by atoms with Gasteiger partial charge in [-0.25, -0.2) is 0 Å². The first-order valence-corrected chi connectivity index (χ1v) is 15.1. The zero-order valence-corrected chi connectivity index (χ0v) is 24.5. The molecule has 0 bridgehead atoms. The number of hydrogen-bond acceptors (Lipinski definition) is 2. The molecule has 2 nitrogen and oxygen atoms in total. The van der Waals surface area contributed by atoms with Crippen LogP contribution in [0, 0.1) is 0 Å². The van der Waals surface area contributed by atoms with Crippen LogP contribution in [0.3, 0.4) is 0 Å². The van der Waals surface area contributed by atoms with Gasteiger partial charge in [-0.05, 0) is 64.0 Å². The number of azo groups is 1. The quantitative estimate of drug-likeness (QED) is 0.246. The maximum absolute atomic E-state index is 4.58. The molecule has 0 fully saturated rings. The van der Waals surface area contributed by atoms with E-state index in [2.05, 4.69) is 120 Å². The predicted molar refractivity (Wildman–Crippen MR) is 143 cm³/mol. The van der Waals surface area contributed by atoms with Crippen LogP contribution in [-0.2, 0) is 18.0 Å². The Hall–Kier alpha value is -1.56. The second-order valence-corrected chi connectivity index (χ2v) is 11.4. The van der Waals surface area contributed by atoms with Crippen LogP contribution in [0.4, 0.5) is 0 Å². The van der Waals surface area contributed by atoms with Crippen molar-refractivity contribution in [3.63, 3.8) is 0 Å². The van der Waals surface area contributed by atoms with Crippen molar-refractivity contribution in [3.05, 3.63) is 75.5 Å². The van der Waals surface area contributed by atoms with Crippen molar-refractivity contribution in [1.82, 2.24) is 0 Å². The molecule has 0 heterocycles. The van der Waals surface area contributed by atoms with Crippen LogP contribution < -0.4 is 0 Å². The number of allylic oxidation sites excluding steroid dienone is 1. The summed E-state index contributed by atoms with van der Waals surface area (Å²) in [4.78, 5) is 0. The summed E-state index contributed by atoms with van der Waals surface area (Å²) in [7, 11) is 1.76. The van der Waals surface area contributed by atoms with Crippen LogP contribution in [0.2, 0.25) is 10.8 Å². The molecule has 3 heteroatoms. The fourth-order valence-electron chi connectivity index (χ4n) is 4.37. The number of nitrogens with zero attached hydrogens (tertiary/aromatic N) is 2. The van der Waals surface area contributed by atoms with Crippen molar-refractivity contribution < 1.29 is 18.0 Å². The Morgan fingerprint density at radius 1 is 0.636 bits per heavy atom. The molecule has 0 aromatic heterocycles. The molecule has 0 amide bonds. The third-order valence-corrected chi connectivity index (χ3v) is 5.86. The van der Waals surface area contributed by atoms with Crippen molar-refractivity contribution in [1.29, 1.82) is 0 Å². The standard InChI is InChI=1S/C28H40N2.2CH3.Pd/c1-17(2)22-13-11-14-23(18(3)4)27(22)26(21(9)30-29-10)28-24(19(5)6)15-12-16-25(28)20(7)8;;;/h11-20H,1-10H3;2*1H3;. The topological polar surface area (TPSA) is 24.7 Å². The summed E-state index contributed by atoms with van der Waals surface area (Å²) in [5.74, 6) is 1.70. The van der Waals surface area contributed by atoms with Gasteiger partial charge in [-0.3, -0.25) is 0 Å². The monoisotopic (exact) mass is 540 g/mol. The van der Waals surface area contributed by atoms with Gasteiger partial charge in [0.15, 0.2) is 0 Å². The SMILES string of the molecule is CN=NC(C)=C(c1c(C(C)C)cccc1C(C)C)c1c(C(C)C)cccc1C(C)C.[CH3][Pd][CH3]. The molecule has 2 aromatic rings. The normalized spacial score (nSPS) is 11.6. The minimum atomic E-state index is 0.425. The predicted octanol–water partition coefficient (Wildman–Crippen LogP) is 10.2. The van der Waals surface area contributed by atoms with E-state index in [9.17, 15) is 0 Å². The first-order chi connectivity index (χ1) is 15.5. The molecule has 0 saturated heterocycles. The van der Waals surface area contributed by atoms with Crippen LogP contribution in [0.5, 0.6) is 0 Å². The summed E-state index contributed by atoms with van der Waals surface area (Å²) < 4.78 is 0.